The molecule has 0 saturated carbocycles. The van der Waals surface area contributed by atoms with Crippen molar-refractivity contribution in [3.63, 3.8) is 0 Å². The first-order valence-corrected chi connectivity index (χ1v) is 30.5. The van der Waals surface area contributed by atoms with Gasteiger partial charge in [0.05, 0.1) is 25.4 Å². The molecule has 0 saturated heterocycles. The topological polar surface area (TPSA) is 95.9 Å². The lowest BCUT2D eigenvalue weighted by atomic mass is 10.0. The zero-order valence-electron chi connectivity index (χ0n) is 45.4. The van der Waals surface area contributed by atoms with E-state index in [9.17, 15) is 19.8 Å². The van der Waals surface area contributed by atoms with Crippen molar-refractivity contribution in [2.24, 2.45) is 0 Å². The maximum atomic E-state index is 12.5. The van der Waals surface area contributed by atoms with Crippen LogP contribution in [0.1, 0.15) is 341 Å². The van der Waals surface area contributed by atoms with Gasteiger partial charge in [-0.1, -0.05) is 309 Å². The molecular weight excluding hydrogens is 827 g/mol. The Kier molecular flexibility index (Phi) is 56.0. The molecule has 6 heteroatoms. The predicted molar refractivity (Wildman–Crippen MR) is 292 cm³/mol. The summed E-state index contributed by atoms with van der Waals surface area (Å²) in [5.74, 6) is -0.0943. The van der Waals surface area contributed by atoms with Gasteiger partial charge < -0.3 is 20.3 Å². The van der Waals surface area contributed by atoms with E-state index in [4.69, 9.17) is 4.74 Å². The Balaban J connectivity index is 3.47. The zero-order chi connectivity index (χ0) is 48.6. The summed E-state index contributed by atoms with van der Waals surface area (Å²) in [6.45, 7) is 4.89. The van der Waals surface area contributed by atoms with Crippen LogP contribution >= 0.6 is 0 Å². The first-order chi connectivity index (χ1) is 33.0. The van der Waals surface area contributed by atoms with Gasteiger partial charge in [0, 0.05) is 12.8 Å². The van der Waals surface area contributed by atoms with Gasteiger partial charge in [0.15, 0.2) is 0 Å². The molecule has 0 aromatic rings. The van der Waals surface area contributed by atoms with Gasteiger partial charge >= 0.3 is 5.97 Å². The maximum Gasteiger partial charge on any atom is 0.305 e. The van der Waals surface area contributed by atoms with E-state index in [1.807, 2.05) is 6.08 Å². The highest BCUT2D eigenvalue weighted by Gasteiger charge is 2.18. The minimum atomic E-state index is -0.857. The number of allylic oxidation sites excluding steroid dienone is 1. The summed E-state index contributed by atoms with van der Waals surface area (Å²) in [6.07, 6.45) is 68.1. The van der Waals surface area contributed by atoms with E-state index in [0.29, 0.717) is 19.4 Å². The van der Waals surface area contributed by atoms with E-state index in [2.05, 4.69) is 19.2 Å². The number of unbranched alkanes of at least 4 members (excludes halogenated alkanes) is 46. The predicted octanol–water partition coefficient (Wildman–Crippen LogP) is 18.9. The van der Waals surface area contributed by atoms with Gasteiger partial charge in [0.1, 0.15) is 0 Å². The van der Waals surface area contributed by atoms with Crippen LogP contribution in [0.4, 0.5) is 0 Å². The van der Waals surface area contributed by atoms with Crippen molar-refractivity contribution >= 4 is 11.9 Å². The number of aliphatic hydroxyl groups is 2. The highest BCUT2D eigenvalue weighted by Crippen LogP contribution is 2.18. The lowest BCUT2D eigenvalue weighted by Crippen LogP contribution is -2.45. The normalized spacial score (nSPS) is 12.6. The SMILES string of the molecule is CCCCCCCCCCCCCCCCCCCCCCCCC/C=C/C(O)C(CO)NC(=O)CCCCCCCCCCCCCOC(=O)CCCCCCCCCCCCCCCC. The van der Waals surface area contributed by atoms with Crippen LogP contribution in [0.25, 0.3) is 0 Å². The summed E-state index contributed by atoms with van der Waals surface area (Å²) < 4.78 is 5.47. The number of hydrogen-bond acceptors (Lipinski definition) is 5. The summed E-state index contributed by atoms with van der Waals surface area (Å²) in [5, 5.41) is 23.2. The molecule has 0 fully saturated rings. The van der Waals surface area contributed by atoms with E-state index >= 15 is 0 Å². The van der Waals surface area contributed by atoms with Gasteiger partial charge in [-0.3, -0.25) is 9.59 Å². The van der Waals surface area contributed by atoms with Crippen molar-refractivity contribution in [2.75, 3.05) is 13.2 Å². The summed E-state index contributed by atoms with van der Waals surface area (Å²) in [4.78, 5) is 24.5. The summed E-state index contributed by atoms with van der Waals surface area (Å²) >= 11 is 0. The Morgan fingerprint density at radius 1 is 0.403 bits per heavy atom. The van der Waals surface area contributed by atoms with Crippen LogP contribution in [0, 0.1) is 0 Å². The van der Waals surface area contributed by atoms with Gasteiger partial charge in [-0.25, -0.2) is 0 Å². The molecule has 0 aromatic carbocycles. The minimum Gasteiger partial charge on any atom is -0.466 e. The number of carbonyl (C=O) groups excluding carboxylic acids is 2. The molecule has 2 unspecified atom stereocenters. The van der Waals surface area contributed by atoms with E-state index < -0.39 is 12.1 Å². The third-order valence-corrected chi connectivity index (χ3v) is 14.3. The Morgan fingerprint density at radius 3 is 1.01 bits per heavy atom. The van der Waals surface area contributed by atoms with Crippen LogP contribution < -0.4 is 5.32 Å². The zero-order valence-corrected chi connectivity index (χ0v) is 45.4. The van der Waals surface area contributed by atoms with Crippen LogP contribution in [0.2, 0.25) is 0 Å². The number of nitrogens with one attached hydrogen (secondary N) is 1. The average molecular weight is 947 g/mol. The van der Waals surface area contributed by atoms with Crippen LogP contribution in [0.3, 0.4) is 0 Å². The second-order valence-electron chi connectivity index (χ2n) is 21.0. The number of rotatable bonds is 57. The summed E-state index contributed by atoms with van der Waals surface area (Å²) in [6, 6.07) is -0.642. The fourth-order valence-electron chi connectivity index (χ4n) is 9.64. The molecule has 1 amide bonds. The Hall–Kier alpha value is -1.40. The van der Waals surface area contributed by atoms with Gasteiger partial charge in [-0.2, -0.15) is 0 Å². The van der Waals surface area contributed by atoms with E-state index in [-0.39, 0.29) is 18.5 Å². The van der Waals surface area contributed by atoms with E-state index in [1.165, 1.54) is 257 Å². The number of esters is 1. The fraction of sp³-hybridized carbons (Fsp3) is 0.934. The molecule has 3 N–H and O–H groups in total. The molecule has 67 heavy (non-hydrogen) atoms. The van der Waals surface area contributed by atoms with Crippen LogP contribution in [0.15, 0.2) is 12.2 Å². The van der Waals surface area contributed by atoms with Crippen LogP contribution in [-0.2, 0) is 14.3 Å². The monoisotopic (exact) mass is 946 g/mol. The van der Waals surface area contributed by atoms with Crippen molar-refractivity contribution in [2.45, 2.75) is 353 Å². The molecule has 0 rings (SSSR count). The molecule has 2 atom stereocenters. The average Bonchev–Trinajstić information content (AvgIpc) is 3.33. The first kappa shape index (κ1) is 65.6. The largest absolute Gasteiger partial charge is 0.466 e. The van der Waals surface area contributed by atoms with E-state index in [1.54, 1.807) is 6.08 Å². The third-order valence-electron chi connectivity index (χ3n) is 14.3. The van der Waals surface area contributed by atoms with Crippen molar-refractivity contribution in [1.82, 2.24) is 5.32 Å². The smallest absolute Gasteiger partial charge is 0.305 e. The lowest BCUT2D eigenvalue weighted by molar-refractivity contribution is -0.143. The molecule has 0 aromatic heterocycles. The molecule has 0 radical (unpaired) electrons. The summed E-state index contributed by atoms with van der Waals surface area (Å²) in [5.41, 5.74) is 0. The lowest BCUT2D eigenvalue weighted by Gasteiger charge is -2.20. The number of carbonyl (C=O) groups is 2. The van der Waals surface area contributed by atoms with Gasteiger partial charge in [-0.05, 0) is 32.1 Å². The number of amides is 1. The Labute approximate surface area is 419 Å². The van der Waals surface area contributed by atoms with Crippen molar-refractivity contribution in [1.29, 1.82) is 0 Å². The van der Waals surface area contributed by atoms with Crippen molar-refractivity contribution < 1.29 is 24.5 Å². The van der Waals surface area contributed by atoms with Crippen LogP contribution in [0.5, 0.6) is 0 Å². The second-order valence-corrected chi connectivity index (χ2v) is 21.0. The van der Waals surface area contributed by atoms with Crippen molar-refractivity contribution in [3.8, 4) is 0 Å². The van der Waals surface area contributed by atoms with Crippen molar-refractivity contribution in [3.05, 3.63) is 12.2 Å². The molecule has 0 spiro atoms. The highest BCUT2D eigenvalue weighted by molar-refractivity contribution is 5.76. The molecule has 0 aliphatic heterocycles. The van der Waals surface area contributed by atoms with E-state index in [0.717, 1.165) is 57.8 Å². The molecule has 398 valence electrons. The summed E-state index contributed by atoms with van der Waals surface area (Å²) in [7, 11) is 0. The Bertz CT molecular complexity index is 1000. The molecular formula is C61H119NO5. The maximum absolute atomic E-state index is 12.5. The van der Waals surface area contributed by atoms with Gasteiger partial charge in [0.2, 0.25) is 5.91 Å². The molecule has 0 aliphatic carbocycles. The molecule has 0 heterocycles. The number of aliphatic hydroxyl groups excluding tert-OH is 2. The third kappa shape index (κ3) is 53.8. The minimum absolute atomic E-state index is 0.0119. The first-order valence-electron chi connectivity index (χ1n) is 30.5. The Morgan fingerprint density at radius 2 is 0.687 bits per heavy atom. The van der Waals surface area contributed by atoms with Gasteiger partial charge in [0.25, 0.3) is 0 Å². The highest BCUT2D eigenvalue weighted by atomic mass is 16.5. The number of hydrogen-bond donors (Lipinski definition) is 3. The van der Waals surface area contributed by atoms with Crippen LogP contribution in [-0.4, -0.2) is 47.4 Å². The quantitative estimate of drug-likeness (QED) is 0.0321. The van der Waals surface area contributed by atoms with Gasteiger partial charge in [-0.15, -0.1) is 0 Å². The molecule has 0 aliphatic rings. The molecule has 0 bridgehead atoms. The number of ether oxygens (including phenoxy) is 1. The fourth-order valence-corrected chi connectivity index (χ4v) is 9.64. The molecule has 6 nitrogen and oxygen atoms in total. The standard InChI is InChI=1S/C61H119NO5/c1-3-5-7-9-11-13-15-17-19-20-21-22-23-24-25-26-27-28-29-30-33-37-41-45-49-53-59(64)58(57-63)62-60(65)54-50-46-42-38-34-32-36-40-44-48-52-56-67-61(66)55-51-47-43-39-35-31-18-16-14-12-10-8-6-4-2/h49,53,58-59,63-64H,3-48,50-52,54-57H2,1-2H3,(H,62,65)/b53-49+. The second kappa shape index (κ2) is 57.2.